The Labute approximate surface area is 209 Å². The lowest BCUT2D eigenvalue weighted by molar-refractivity contribution is 0.0996. The maximum absolute atomic E-state index is 12.6. The number of hydrogen-bond donors (Lipinski definition) is 1. The maximum Gasteiger partial charge on any atom is 0.291 e. The highest BCUT2D eigenvalue weighted by Crippen LogP contribution is 2.24. The molecule has 1 N–H and O–H groups in total. The highest BCUT2D eigenvalue weighted by molar-refractivity contribution is 6.02. The fourth-order valence-electron chi connectivity index (χ4n) is 4.34. The van der Waals surface area contributed by atoms with Crippen LogP contribution in [-0.4, -0.2) is 44.0 Å². The van der Waals surface area contributed by atoms with Gasteiger partial charge in [0, 0.05) is 36.1 Å². The second-order valence-electron chi connectivity index (χ2n) is 9.42. The van der Waals surface area contributed by atoms with Gasteiger partial charge in [-0.05, 0) is 93.4 Å². The average molecular weight is 470 g/mol. The molecule has 1 aromatic heterocycles. The van der Waals surface area contributed by atoms with Gasteiger partial charge in [-0.1, -0.05) is 37.8 Å². The number of amides is 1. The van der Waals surface area contributed by atoms with Crippen molar-refractivity contribution < 1.29 is 9.21 Å². The van der Waals surface area contributed by atoms with Crippen molar-refractivity contribution in [2.45, 2.75) is 45.1 Å². The van der Waals surface area contributed by atoms with Crippen LogP contribution in [0.4, 0.5) is 11.4 Å². The molecule has 5 heteroatoms. The molecule has 1 unspecified atom stereocenters. The topological polar surface area (TPSA) is 48.7 Å². The van der Waals surface area contributed by atoms with Crippen LogP contribution in [0.3, 0.4) is 0 Å². The van der Waals surface area contributed by atoms with E-state index in [1.54, 1.807) is 12.1 Å². The van der Waals surface area contributed by atoms with E-state index in [1.165, 1.54) is 36.9 Å². The Balaban J connectivity index is 1.31. The van der Waals surface area contributed by atoms with Crippen LogP contribution in [-0.2, 0) is 6.42 Å². The number of nitrogens with one attached hydrogen (secondary N) is 1. The number of nitrogens with zero attached hydrogens (tertiary/aromatic N) is 2. The number of carbonyl (C=O) groups excluding carboxylic acids is 1. The highest BCUT2D eigenvalue weighted by atomic mass is 16.3. The third kappa shape index (κ3) is 6.77. The summed E-state index contributed by atoms with van der Waals surface area (Å²) in [5.74, 6) is 6.57. The van der Waals surface area contributed by atoms with E-state index in [4.69, 9.17) is 4.42 Å². The molecule has 1 atom stereocenters. The molecule has 0 bridgehead atoms. The van der Waals surface area contributed by atoms with Gasteiger partial charge in [-0.2, -0.15) is 0 Å². The fourth-order valence-corrected chi connectivity index (χ4v) is 4.34. The minimum absolute atomic E-state index is 0.248. The van der Waals surface area contributed by atoms with Crippen LogP contribution >= 0.6 is 0 Å². The number of rotatable bonds is 8. The normalized spacial score (nSPS) is 15.2. The van der Waals surface area contributed by atoms with Gasteiger partial charge in [0.05, 0.1) is 0 Å². The molecule has 1 aliphatic heterocycles. The van der Waals surface area contributed by atoms with Crippen molar-refractivity contribution in [3.05, 3.63) is 83.3 Å². The first-order chi connectivity index (χ1) is 17.0. The van der Waals surface area contributed by atoms with Crippen molar-refractivity contribution >= 4 is 17.3 Å². The lowest BCUT2D eigenvalue weighted by Crippen LogP contribution is -2.31. The monoisotopic (exact) mass is 469 g/mol. The number of carbonyl (C=O) groups is 1. The molecule has 1 saturated heterocycles. The number of anilines is 2. The molecule has 0 saturated carbocycles. The first-order valence-electron chi connectivity index (χ1n) is 12.6. The van der Waals surface area contributed by atoms with E-state index < -0.39 is 0 Å². The summed E-state index contributed by atoms with van der Waals surface area (Å²) >= 11 is 0. The number of benzene rings is 2. The number of likely N-dealkylation sites (N-methyl/N-ethyl adjacent to an activating group) is 1. The van der Waals surface area contributed by atoms with Gasteiger partial charge >= 0.3 is 0 Å². The zero-order valence-corrected chi connectivity index (χ0v) is 21.0. The Bertz CT molecular complexity index is 1170. The average Bonchev–Trinajstić information content (AvgIpc) is 3.55. The second-order valence-corrected chi connectivity index (χ2v) is 9.42. The minimum Gasteiger partial charge on any atom is -0.443 e. The molecule has 2 aromatic carbocycles. The van der Waals surface area contributed by atoms with Crippen LogP contribution in [0.5, 0.6) is 0 Å². The summed E-state index contributed by atoms with van der Waals surface area (Å²) in [6.07, 6.45) is 5.99. The van der Waals surface area contributed by atoms with Crippen molar-refractivity contribution in [1.29, 1.82) is 0 Å². The Morgan fingerprint density at radius 1 is 1.03 bits per heavy atom. The number of furan rings is 1. The van der Waals surface area contributed by atoms with Gasteiger partial charge in [-0.25, -0.2) is 0 Å². The second kappa shape index (κ2) is 11.8. The molecule has 5 nitrogen and oxygen atoms in total. The van der Waals surface area contributed by atoms with E-state index in [9.17, 15) is 4.79 Å². The number of unbranched alkanes of at least 4 members (excludes halogenated alkanes) is 2. The molecule has 2 heterocycles. The van der Waals surface area contributed by atoms with Crippen molar-refractivity contribution in [1.82, 2.24) is 4.90 Å². The Morgan fingerprint density at radius 2 is 1.80 bits per heavy atom. The molecular formula is C30H35N3O2. The van der Waals surface area contributed by atoms with Crippen molar-refractivity contribution in [3.8, 4) is 11.8 Å². The number of hydrogen-bond acceptors (Lipinski definition) is 4. The summed E-state index contributed by atoms with van der Waals surface area (Å²) in [6.45, 7) is 4.29. The van der Waals surface area contributed by atoms with E-state index in [1.807, 2.05) is 24.3 Å². The minimum atomic E-state index is -0.281. The molecule has 1 fully saturated rings. The van der Waals surface area contributed by atoms with E-state index in [0.29, 0.717) is 11.8 Å². The van der Waals surface area contributed by atoms with Crippen LogP contribution in [0.25, 0.3) is 0 Å². The highest BCUT2D eigenvalue weighted by Gasteiger charge is 2.24. The van der Waals surface area contributed by atoms with E-state index >= 15 is 0 Å². The molecule has 0 radical (unpaired) electrons. The van der Waals surface area contributed by atoms with Crippen LogP contribution in [0, 0.1) is 11.8 Å². The predicted octanol–water partition coefficient (Wildman–Crippen LogP) is 5.80. The van der Waals surface area contributed by atoms with E-state index in [2.05, 4.69) is 72.2 Å². The van der Waals surface area contributed by atoms with Crippen molar-refractivity contribution in [2.24, 2.45) is 0 Å². The van der Waals surface area contributed by atoms with Gasteiger partial charge < -0.3 is 19.5 Å². The molecular weight excluding hydrogens is 434 g/mol. The van der Waals surface area contributed by atoms with Gasteiger partial charge in [-0.3, -0.25) is 4.79 Å². The summed E-state index contributed by atoms with van der Waals surface area (Å²) in [5.41, 5.74) is 4.19. The van der Waals surface area contributed by atoms with Gasteiger partial charge in [-0.15, -0.1) is 0 Å². The van der Waals surface area contributed by atoms with Crippen LogP contribution in [0.1, 0.15) is 60.0 Å². The fraction of sp³-hybridized carbons (Fsp3) is 0.367. The van der Waals surface area contributed by atoms with E-state index in [0.717, 1.165) is 30.8 Å². The van der Waals surface area contributed by atoms with Crippen molar-refractivity contribution in [3.63, 3.8) is 0 Å². The summed E-state index contributed by atoms with van der Waals surface area (Å²) in [6, 6.07) is 20.3. The molecule has 0 spiro atoms. The van der Waals surface area contributed by atoms with Gasteiger partial charge in [0.25, 0.3) is 5.91 Å². The summed E-state index contributed by atoms with van der Waals surface area (Å²) < 4.78 is 5.67. The molecule has 35 heavy (non-hydrogen) atoms. The maximum atomic E-state index is 12.6. The lowest BCUT2D eigenvalue weighted by atomic mass is 10.1. The molecule has 4 rings (SSSR count). The largest absolute Gasteiger partial charge is 0.443 e. The Hall–Kier alpha value is -3.49. The zero-order chi connectivity index (χ0) is 24.6. The van der Waals surface area contributed by atoms with Crippen LogP contribution in [0.2, 0.25) is 0 Å². The molecule has 182 valence electrons. The van der Waals surface area contributed by atoms with E-state index in [-0.39, 0.29) is 11.7 Å². The summed E-state index contributed by atoms with van der Waals surface area (Å²) in [7, 11) is 4.26. The molecule has 3 aromatic rings. The smallest absolute Gasteiger partial charge is 0.291 e. The zero-order valence-electron chi connectivity index (χ0n) is 21.0. The van der Waals surface area contributed by atoms with Gasteiger partial charge in [0.15, 0.2) is 11.5 Å². The Kier molecular flexibility index (Phi) is 8.28. The van der Waals surface area contributed by atoms with Crippen LogP contribution < -0.4 is 10.2 Å². The van der Waals surface area contributed by atoms with Gasteiger partial charge in [0.1, 0.15) is 0 Å². The number of aryl methyl sites for hydroxylation is 1. The standard InChI is InChI=1S/C30H35N3O2/c1-4-5-6-7-23-8-10-24(11-9-23)12-17-28-18-19-29(35-28)30(34)31-25-13-15-26(16-14-25)33-21-20-27(22-33)32(2)3/h8-11,13-16,18-19,27H,4-7,20-22H2,1-3H3,(H,31,34). The quantitative estimate of drug-likeness (QED) is 0.334. The SMILES string of the molecule is CCCCCc1ccc(C#Cc2ccc(C(=O)Nc3ccc(N4CCC(N(C)C)C4)cc3)o2)cc1. The van der Waals surface area contributed by atoms with Crippen molar-refractivity contribution in [2.75, 3.05) is 37.4 Å². The first-order valence-corrected chi connectivity index (χ1v) is 12.6. The third-order valence-electron chi connectivity index (χ3n) is 6.57. The molecule has 1 aliphatic rings. The molecule has 0 aliphatic carbocycles. The Morgan fingerprint density at radius 3 is 2.49 bits per heavy atom. The predicted molar refractivity (Wildman–Crippen MR) is 143 cm³/mol. The summed E-state index contributed by atoms with van der Waals surface area (Å²) in [5, 5.41) is 2.91. The third-order valence-corrected chi connectivity index (χ3v) is 6.57. The van der Waals surface area contributed by atoms with Crippen LogP contribution in [0.15, 0.2) is 65.1 Å². The summed E-state index contributed by atoms with van der Waals surface area (Å²) in [4.78, 5) is 17.3. The molecule has 1 amide bonds. The first kappa shape index (κ1) is 24.6. The lowest BCUT2D eigenvalue weighted by Gasteiger charge is -2.22. The van der Waals surface area contributed by atoms with Gasteiger partial charge in [0.2, 0.25) is 0 Å².